The van der Waals surface area contributed by atoms with E-state index in [0.29, 0.717) is 6.42 Å². The number of anilines is 1. The Bertz CT molecular complexity index is 1150. The zero-order valence-corrected chi connectivity index (χ0v) is 18.4. The first-order chi connectivity index (χ1) is 15.2. The summed E-state index contributed by atoms with van der Waals surface area (Å²) < 4.78 is 11.9. The lowest BCUT2D eigenvalue weighted by molar-refractivity contribution is -0.116. The van der Waals surface area contributed by atoms with Crippen molar-refractivity contribution in [3.8, 4) is 22.6 Å². The molecule has 0 unspecified atom stereocenters. The van der Waals surface area contributed by atoms with E-state index in [9.17, 15) is 4.79 Å². The predicted molar refractivity (Wildman–Crippen MR) is 126 cm³/mol. The van der Waals surface area contributed by atoms with Crippen LogP contribution in [0.4, 0.5) is 5.69 Å². The number of methoxy groups -OCH3 is 2. The van der Waals surface area contributed by atoms with Gasteiger partial charge in [0.25, 0.3) is 0 Å². The molecule has 5 nitrogen and oxygen atoms in total. The molecule has 31 heavy (non-hydrogen) atoms. The summed E-state index contributed by atoms with van der Waals surface area (Å²) in [6.45, 7) is 0. The van der Waals surface area contributed by atoms with Gasteiger partial charge >= 0.3 is 0 Å². The Labute approximate surface area is 185 Å². The second-order valence-electron chi connectivity index (χ2n) is 7.12. The van der Waals surface area contributed by atoms with Gasteiger partial charge in [0.05, 0.1) is 29.4 Å². The number of hydrogen-bond acceptors (Lipinski definition) is 5. The molecule has 4 aromatic rings. The van der Waals surface area contributed by atoms with Crippen LogP contribution in [-0.2, 0) is 11.2 Å². The molecule has 0 bridgehead atoms. The molecule has 0 fully saturated rings. The monoisotopic (exact) mass is 432 g/mol. The van der Waals surface area contributed by atoms with E-state index >= 15 is 0 Å². The van der Waals surface area contributed by atoms with E-state index in [1.54, 1.807) is 25.6 Å². The van der Waals surface area contributed by atoms with Crippen molar-refractivity contribution in [2.75, 3.05) is 19.5 Å². The molecule has 0 aliphatic heterocycles. The van der Waals surface area contributed by atoms with E-state index in [-0.39, 0.29) is 5.91 Å². The summed E-state index contributed by atoms with van der Waals surface area (Å²) in [5.74, 6) is 1.53. The number of ether oxygens (including phenoxy) is 2. The highest BCUT2D eigenvalue weighted by molar-refractivity contribution is 7.18. The van der Waals surface area contributed by atoms with Gasteiger partial charge in [0.2, 0.25) is 5.91 Å². The van der Waals surface area contributed by atoms with E-state index in [4.69, 9.17) is 9.47 Å². The van der Waals surface area contributed by atoms with Crippen LogP contribution in [0, 0.1) is 0 Å². The number of amides is 1. The SMILES string of the molecule is COc1ccc(-c2cc(NC(=O)CCCc3nc4ccccc4s3)ccc2OC)cc1. The first kappa shape index (κ1) is 20.9. The molecule has 0 aliphatic rings. The van der Waals surface area contributed by atoms with Gasteiger partial charge in [-0.25, -0.2) is 4.98 Å². The Morgan fingerprint density at radius 1 is 1.00 bits per heavy atom. The van der Waals surface area contributed by atoms with Crippen LogP contribution in [0.3, 0.4) is 0 Å². The molecule has 0 atom stereocenters. The third-order valence-corrected chi connectivity index (χ3v) is 6.11. The van der Waals surface area contributed by atoms with Crippen molar-refractivity contribution in [1.82, 2.24) is 4.98 Å². The first-order valence-corrected chi connectivity index (χ1v) is 10.9. The second-order valence-corrected chi connectivity index (χ2v) is 8.24. The lowest BCUT2D eigenvalue weighted by Gasteiger charge is -2.12. The summed E-state index contributed by atoms with van der Waals surface area (Å²) in [6, 6.07) is 21.5. The molecule has 0 spiro atoms. The number of carbonyl (C=O) groups excluding carboxylic acids is 1. The van der Waals surface area contributed by atoms with Crippen LogP contribution in [0.1, 0.15) is 17.8 Å². The van der Waals surface area contributed by atoms with E-state index in [1.807, 2.05) is 60.7 Å². The maximum atomic E-state index is 12.5. The van der Waals surface area contributed by atoms with Crippen molar-refractivity contribution in [2.24, 2.45) is 0 Å². The summed E-state index contributed by atoms with van der Waals surface area (Å²) >= 11 is 1.69. The smallest absolute Gasteiger partial charge is 0.224 e. The molecule has 4 rings (SSSR count). The van der Waals surface area contributed by atoms with Gasteiger partial charge in [-0.3, -0.25) is 4.79 Å². The maximum absolute atomic E-state index is 12.5. The summed E-state index contributed by atoms with van der Waals surface area (Å²) in [5, 5.41) is 4.07. The number of carbonyl (C=O) groups is 1. The van der Waals surface area contributed by atoms with Crippen LogP contribution >= 0.6 is 11.3 Å². The fourth-order valence-electron chi connectivity index (χ4n) is 3.43. The molecule has 0 saturated heterocycles. The van der Waals surface area contributed by atoms with Crippen molar-refractivity contribution in [2.45, 2.75) is 19.3 Å². The molecule has 6 heteroatoms. The topological polar surface area (TPSA) is 60.5 Å². The largest absolute Gasteiger partial charge is 0.497 e. The molecule has 158 valence electrons. The average molecular weight is 433 g/mol. The number of rotatable bonds is 8. The number of hydrogen-bond donors (Lipinski definition) is 1. The number of benzene rings is 3. The molecule has 3 aromatic carbocycles. The number of thiazole rings is 1. The van der Waals surface area contributed by atoms with Crippen LogP contribution < -0.4 is 14.8 Å². The van der Waals surface area contributed by atoms with Crippen LogP contribution in [0.15, 0.2) is 66.7 Å². The first-order valence-electron chi connectivity index (χ1n) is 10.1. The molecular weight excluding hydrogens is 408 g/mol. The lowest BCUT2D eigenvalue weighted by atomic mass is 10.0. The number of fused-ring (bicyclic) bond motifs is 1. The van der Waals surface area contributed by atoms with E-state index in [2.05, 4.69) is 16.4 Å². The minimum atomic E-state index is -0.00745. The second kappa shape index (κ2) is 9.62. The number of nitrogens with zero attached hydrogens (tertiary/aromatic N) is 1. The zero-order valence-electron chi connectivity index (χ0n) is 17.6. The lowest BCUT2D eigenvalue weighted by Crippen LogP contribution is -2.11. The van der Waals surface area contributed by atoms with Crippen LogP contribution in [0.5, 0.6) is 11.5 Å². The summed E-state index contributed by atoms with van der Waals surface area (Å²) in [4.78, 5) is 17.1. The Morgan fingerprint density at radius 2 is 1.81 bits per heavy atom. The fourth-order valence-corrected chi connectivity index (χ4v) is 4.44. The normalized spacial score (nSPS) is 10.8. The molecular formula is C25H24N2O3S. The Morgan fingerprint density at radius 3 is 2.55 bits per heavy atom. The van der Waals surface area contributed by atoms with Gasteiger partial charge in [-0.2, -0.15) is 0 Å². The number of nitrogens with one attached hydrogen (secondary N) is 1. The highest BCUT2D eigenvalue weighted by atomic mass is 32.1. The van der Waals surface area contributed by atoms with Crippen LogP contribution in [0.2, 0.25) is 0 Å². The van der Waals surface area contributed by atoms with Gasteiger partial charge in [-0.05, 0) is 60.9 Å². The molecule has 0 radical (unpaired) electrons. The Hall–Kier alpha value is -3.38. The van der Waals surface area contributed by atoms with E-state index < -0.39 is 0 Å². The quantitative estimate of drug-likeness (QED) is 0.374. The molecule has 1 heterocycles. The zero-order chi connectivity index (χ0) is 21.6. The maximum Gasteiger partial charge on any atom is 0.224 e. The van der Waals surface area contributed by atoms with Crippen molar-refractivity contribution in [3.63, 3.8) is 0 Å². The molecule has 0 saturated carbocycles. The fraction of sp³-hybridized carbons (Fsp3) is 0.200. The van der Waals surface area contributed by atoms with Crippen LogP contribution in [-0.4, -0.2) is 25.1 Å². The van der Waals surface area contributed by atoms with Gasteiger partial charge in [-0.1, -0.05) is 24.3 Å². The van der Waals surface area contributed by atoms with Gasteiger partial charge < -0.3 is 14.8 Å². The van der Waals surface area contributed by atoms with Gasteiger partial charge in [-0.15, -0.1) is 11.3 Å². The standard InChI is InChI=1S/C25H24N2O3S/c1-29-19-13-10-17(11-14-19)20-16-18(12-15-22(20)30-2)26-24(28)8-5-9-25-27-21-6-3-4-7-23(21)31-25/h3-4,6-7,10-16H,5,8-9H2,1-2H3,(H,26,28). The third kappa shape index (κ3) is 5.03. The van der Waals surface area contributed by atoms with Crippen molar-refractivity contribution < 1.29 is 14.3 Å². The van der Waals surface area contributed by atoms with Gasteiger partial charge in [0.1, 0.15) is 11.5 Å². The minimum absolute atomic E-state index is 0.00745. The molecule has 0 aliphatic carbocycles. The van der Waals surface area contributed by atoms with Gasteiger partial charge in [0, 0.05) is 17.7 Å². The Balaban J connectivity index is 1.39. The van der Waals surface area contributed by atoms with E-state index in [0.717, 1.165) is 51.7 Å². The number of aryl methyl sites for hydroxylation is 1. The number of para-hydroxylation sites is 1. The van der Waals surface area contributed by atoms with Crippen molar-refractivity contribution >= 4 is 33.1 Å². The molecule has 1 N–H and O–H groups in total. The average Bonchev–Trinajstić information content (AvgIpc) is 3.22. The van der Waals surface area contributed by atoms with Crippen LogP contribution in [0.25, 0.3) is 21.3 Å². The highest BCUT2D eigenvalue weighted by Gasteiger charge is 2.10. The Kier molecular flexibility index (Phi) is 6.48. The summed E-state index contributed by atoms with van der Waals surface area (Å²) in [6.07, 6.45) is 2.00. The van der Waals surface area contributed by atoms with Crippen molar-refractivity contribution in [3.05, 3.63) is 71.7 Å². The van der Waals surface area contributed by atoms with E-state index in [1.165, 1.54) is 4.70 Å². The van der Waals surface area contributed by atoms with Gasteiger partial charge in [0.15, 0.2) is 0 Å². The summed E-state index contributed by atoms with van der Waals surface area (Å²) in [5.41, 5.74) is 3.68. The van der Waals surface area contributed by atoms with Crippen molar-refractivity contribution in [1.29, 1.82) is 0 Å². The third-order valence-electron chi connectivity index (χ3n) is 5.02. The highest BCUT2D eigenvalue weighted by Crippen LogP contribution is 2.33. The summed E-state index contributed by atoms with van der Waals surface area (Å²) in [7, 11) is 3.28. The molecule has 1 amide bonds. The molecule has 1 aromatic heterocycles. The predicted octanol–water partition coefficient (Wildman–Crippen LogP) is 5.94. The number of aromatic nitrogens is 1. The minimum Gasteiger partial charge on any atom is -0.497 e.